The lowest BCUT2D eigenvalue weighted by atomic mass is 10.1. The van der Waals surface area contributed by atoms with E-state index in [1.54, 1.807) is 6.92 Å². The monoisotopic (exact) mass is 355 g/mol. The van der Waals surface area contributed by atoms with Gasteiger partial charge in [0, 0.05) is 0 Å². The van der Waals surface area contributed by atoms with Crippen LogP contribution in [0.5, 0.6) is 0 Å². The van der Waals surface area contributed by atoms with Crippen molar-refractivity contribution >= 4 is 17.0 Å². The lowest BCUT2D eigenvalue weighted by molar-refractivity contribution is -0.0511. The van der Waals surface area contributed by atoms with Crippen LogP contribution in [0.4, 0.5) is 5.82 Å². The highest BCUT2D eigenvalue weighted by Crippen LogP contribution is 2.32. The van der Waals surface area contributed by atoms with Crippen molar-refractivity contribution in [2.45, 2.75) is 37.0 Å². The van der Waals surface area contributed by atoms with Crippen molar-refractivity contribution in [2.24, 2.45) is 0 Å². The Balaban J connectivity index is 1.97. The summed E-state index contributed by atoms with van der Waals surface area (Å²) in [4.78, 5) is 12.4. The average molecular weight is 355 g/mol. The molecule has 0 aromatic carbocycles. The zero-order valence-corrected chi connectivity index (χ0v) is 13.5. The smallest absolute Gasteiger partial charge is 0.167 e. The SMILES string of the molecule is CC(CO)(CO)Nc1ncnc2c1ncn2[C@@H]1O[C@H](CO)[C@@H](O)[C@H]1O. The van der Waals surface area contributed by atoms with Crippen LogP contribution in [0.3, 0.4) is 0 Å². The van der Waals surface area contributed by atoms with Gasteiger partial charge in [0.2, 0.25) is 0 Å². The van der Waals surface area contributed by atoms with Crippen molar-refractivity contribution in [1.29, 1.82) is 0 Å². The number of hydrogen-bond donors (Lipinski definition) is 6. The first kappa shape index (κ1) is 17.9. The second-order valence-electron chi connectivity index (χ2n) is 6.28. The number of nitrogens with one attached hydrogen (secondary N) is 1. The highest BCUT2D eigenvalue weighted by Gasteiger charge is 2.44. The quantitative estimate of drug-likeness (QED) is 0.329. The lowest BCUT2D eigenvalue weighted by Crippen LogP contribution is -2.42. The van der Waals surface area contributed by atoms with E-state index < -0.39 is 36.7 Å². The Bertz CT molecular complexity index is 736. The van der Waals surface area contributed by atoms with Gasteiger partial charge in [-0.25, -0.2) is 15.0 Å². The number of anilines is 1. The fourth-order valence-corrected chi connectivity index (χ4v) is 2.65. The Labute approximate surface area is 142 Å². The van der Waals surface area contributed by atoms with Gasteiger partial charge in [0.15, 0.2) is 23.2 Å². The molecule has 4 atom stereocenters. The number of aliphatic hydroxyl groups excluding tert-OH is 5. The normalized spacial score (nSPS) is 27.1. The van der Waals surface area contributed by atoms with Crippen LogP contribution in [0, 0.1) is 0 Å². The highest BCUT2D eigenvalue weighted by molar-refractivity contribution is 5.83. The molecule has 0 bridgehead atoms. The van der Waals surface area contributed by atoms with E-state index in [1.807, 2.05) is 0 Å². The summed E-state index contributed by atoms with van der Waals surface area (Å²) >= 11 is 0. The van der Waals surface area contributed by atoms with E-state index >= 15 is 0 Å². The summed E-state index contributed by atoms with van der Waals surface area (Å²) in [5.74, 6) is 0.293. The van der Waals surface area contributed by atoms with Gasteiger partial charge in [0.05, 0.1) is 31.7 Å². The number of aliphatic hydroxyl groups is 5. The fraction of sp³-hybridized carbons (Fsp3) is 0.643. The van der Waals surface area contributed by atoms with E-state index in [1.165, 1.54) is 17.2 Å². The van der Waals surface area contributed by atoms with Gasteiger partial charge in [-0.2, -0.15) is 0 Å². The Morgan fingerprint density at radius 1 is 1.16 bits per heavy atom. The molecule has 2 aromatic heterocycles. The first-order valence-corrected chi connectivity index (χ1v) is 7.74. The Hall–Kier alpha value is -1.89. The molecule has 25 heavy (non-hydrogen) atoms. The molecule has 3 heterocycles. The summed E-state index contributed by atoms with van der Waals surface area (Å²) in [6.07, 6.45) is -1.75. The second-order valence-corrected chi connectivity index (χ2v) is 6.28. The molecule has 0 saturated carbocycles. The Morgan fingerprint density at radius 3 is 2.48 bits per heavy atom. The van der Waals surface area contributed by atoms with Gasteiger partial charge in [0.1, 0.15) is 24.6 Å². The van der Waals surface area contributed by atoms with Crippen LogP contribution in [0.1, 0.15) is 13.2 Å². The minimum absolute atomic E-state index is 0.293. The van der Waals surface area contributed by atoms with Gasteiger partial charge >= 0.3 is 0 Å². The zero-order chi connectivity index (χ0) is 18.2. The van der Waals surface area contributed by atoms with Gasteiger partial charge in [-0.3, -0.25) is 4.57 Å². The summed E-state index contributed by atoms with van der Waals surface area (Å²) in [7, 11) is 0. The number of fused-ring (bicyclic) bond motifs is 1. The molecule has 0 unspecified atom stereocenters. The number of aromatic nitrogens is 4. The topological polar surface area (TPSA) is 166 Å². The third-order valence-corrected chi connectivity index (χ3v) is 4.27. The predicted molar refractivity (Wildman–Crippen MR) is 84.5 cm³/mol. The van der Waals surface area contributed by atoms with Crippen LogP contribution < -0.4 is 5.32 Å². The molecule has 1 aliphatic heterocycles. The molecule has 11 nitrogen and oxygen atoms in total. The minimum atomic E-state index is -1.26. The van der Waals surface area contributed by atoms with Crippen molar-refractivity contribution in [3.8, 4) is 0 Å². The molecule has 0 spiro atoms. The summed E-state index contributed by atoms with van der Waals surface area (Å²) in [5, 5.41) is 51.0. The van der Waals surface area contributed by atoms with Crippen molar-refractivity contribution in [1.82, 2.24) is 19.5 Å². The fourth-order valence-electron chi connectivity index (χ4n) is 2.65. The second kappa shape index (κ2) is 6.78. The zero-order valence-electron chi connectivity index (χ0n) is 13.5. The van der Waals surface area contributed by atoms with Crippen molar-refractivity contribution in [3.05, 3.63) is 12.7 Å². The first-order valence-electron chi connectivity index (χ1n) is 7.74. The third kappa shape index (κ3) is 3.05. The van der Waals surface area contributed by atoms with Crippen LogP contribution in [-0.4, -0.2) is 88.7 Å². The Kier molecular flexibility index (Phi) is 4.86. The lowest BCUT2D eigenvalue weighted by Gasteiger charge is -2.26. The summed E-state index contributed by atoms with van der Waals surface area (Å²) in [6.45, 7) is 0.521. The van der Waals surface area contributed by atoms with E-state index in [4.69, 9.17) is 4.74 Å². The summed E-state index contributed by atoms with van der Waals surface area (Å²) in [6, 6.07) is 0. The van der Waals surface area contributed by atoms with Gasteiger partial charge in [-0.05, 0) is 6.92 Å². The van der Waals surface area contributed by atoms with E-state index in [9.17, 15) is 25.5 Å². The number of nitrogens with zero attached hydrogens (tertiary/aromatic N) is 4. The Morgan fingerprint density at radius 2 is 1.88 bits per heavy atom. The van der Waals surface area contributed by atoms with E-state index in [2.05, 4.69) is 20.3 Å². The minimum Gasteiger partial charge on any atom is -0.394 e. The molecule has 2 aromatic rings. The maximum Gasteiger partial charge on any atom is 0.167 e. The largest absolute Gasteiger partial charge is 0.394 e. The molecule has 0 aliphatic carbocycles. The van der Waals surface area contributed by atoms with Gasteiger partial charge < -0.3 is 35.6 Å². The van der Waals surface area contributed by atoms with Gasteiger partial charge in [-0.1, -0.05) is 0 Å². The molecule has 6 N–H and O–H groups in total. The van der Waals surface area contributed by atoms with Crippen molar-refractivity contribution in [3.63, 3.8) is 0 Å². The number of hydrogen-bond acceptors (Lipinski definition) is 10. The average Bonchev–Trinajstić information content (AvgIpc) is 3.17. The molecule has 11 heteroatoms. The molecule has 0 amide bonds. The summed E-state index contributed by atoms with van der Waals surface area (Å²) < 4.78 is 6.91. The molecule has 138 valence electrons. The van der Waals surface area contributed by atoms with Gasteiger partial charge in [-0.15, -0.1) is 0 Å². The number of ether oxygens (including phenoxy) is 1. The third-order valence-electron chi connectivity index (χ3n) is 4.27. The van der Waals surface area contributed by atoms with Crippen LogP contribution in [0.2, 0.25) is 0 Å². The van der Waals surface area contributed by atoms with Gasteiger partial charge in [0.25, 0.3) is 0 Å². The number of rotatable bonds is 6. The van der Waals surface area contributed by atoms with Crippen LogP contribution in [0.15, 0.2) is 12.7 Å². The maximum atomic E-state index is 10.2. The standard InChI is InChI=1S/C14H21N5O6/c1-14(3-21,4-22)18-11-8-12(16-5-15-11)19(6-17-8)13-10(24)9(23)7(2-20)25-13/h5-7,9-10,13,20-24H,2-4H2,1H3,(H,15,16,18)/t7-,9-,10-,13-/m1/s1. The molecule has 3 rings (SSSR count). The van der Waals surface area contributed by atoms with Crippen LogP contribution in [-0.2, 0) is 4.74 Å². The molecular formula is C14H21N5O6. The van der Waals surface area contributed by atoms with Crippen LogP contribution >= 0.6 is 0 Å². The molecule has 1 saturated heterocycles. The molecular weight excluding hydrogens is 334 g/mol. The van der Waals surface area contributed by atoms with Crippen molar-refractivity contribution < 1.29 is 30.3 Å². The van der Waals surface area contributed by atoms with E-state index in [0.29, 0.717) is 17.0 Å². The summed E-state index contributed by atoms with van der Waals surface area (Å²) in [5.41, 5.74) is -0.342. The maximum absolute atomic E-state index is 10.2. The molecule has 1 aliphatic rings. The van der Waals surface area contributed by atoms with E-state index in [-0.39, 0.29) is 13.2 Å². The predicted octanol–water partition coefficient (Wildman–Crippen LogP) is -2.41. The number of imidazole rings is 1. The van der Waals surface area contributed by atoms with E-state index in [0.717, 1.165) is 0 Å². The van der Waals surface area contributed by atoms with Crippen LogP contribution in [0.25, 0.3) is 11.2 Å². The van der Waals surface area contributed by atoms with Crippen molar-refractivity contribution in [2.75, 3.05) is 25.1 Å². The first-order chi connectivity index (χ1) is 11.9. The molecule has 0 radical (unpaired) electrons. The molecule has 1 fully saturated rings. The highest BCUT2D eigenvalue weighted by atomic mass is 16.6.